The van der Waals surface area contributed by atoms with Crippen LogP contribution in [0.1, 0.15) is 55.9 Å². The first-order valence-corrected chi connectivity index (χ1v) is 10.0. The Balaban J connectivity index is 0.00000420. The maximum atomic E-state index is 5.44. The Morgan fingerprint density at radius 3 is 2.59 bits per heavy atom. The van der Waals surface area contributed by atoms with E-state index in [0.29, 0.717) is 13.1 Å². The van der Waals surface area contributed by atoms with Crippen molar-refractivity contribution >= 4 is 29.9 Å². The highest BCUT2D eigenvalue weighted by Crippen LogP contribution is 2.16. The van der Waals surface area contributed by atoms with Gasteiger partial charge in [0.05, 0.1) is 18.8 Å². The smallest absolute Gasteiger partial charge is 0.191 e. The van der Waals surface area contributed by atoms with Crippen molar-refractivity contribution < 1.29 is 9.26 Å². The molecule has 0 unspecified atom stereocenters. The highest BCUT2D eigenvalue weighted by atomic mass is 127. The number of nitrogens with zero attached hydrogens (tertiary/aromatic N) is 5. The molecule has 10 heteroatoms. The molecule has 2 rings (SSSR count). The molecule has 2 aromatic heterocycles. The summed E-state index contributed by atoms with van der Waals surface area (Å²) in [7, 11) is 1.96. The lowest BCUT2D eigenvalue weighted by atomic mass is 10.1. The molecule has 164 valence electrons. The lowest BCUT2D eigenvalue weighted by Crippen LogP contribution is -2.38. The molecule has 9 nitrogen and oxygen atoms in total. The van der Waals surface area contributed by atoms with Crippen molar-refractivity contribution in [1.82, 2.24) is 30.6 Å². The van der Waals surface area contributed by atoms with Crippen LogP contribution in [0.5, 0.6) is 0 Å². The third-order valence-electron chi connectivity index (χ3n) is 4.56. The number of ether oxygens (including phenoxy) is 1. The predicted molar refractivity (Wildman–Crippen MR) is 124 cm³/mol. The fourth-order valence-corrected chi connectivity index (χ4v) is 2.74. The Labute approximate surface area is 190 Å². The summed E-state index contributed by atoms with van der Waals surface area (Å²) in [6, 6.07) is 0. The fourth-order valence-electron chi connectivity index (χ4n) is 2.74. The van der Waals surface area contributed by atoms with E-state index >= 15 is 0 Å². The van der Waals surface area contributed by atoms with Crippen LogP contribution in [0.4, 0.5) is 0 Å². The number of aryl methyl sites for hydroxylation is 3. The fraction of sp³-hybridized carbons (Fsp3) is 0.684. The monoisotopic (exact) mass is 519 g/mol. The van der Waals surface area contributed by atoms with E-state index in [1.807, 2.05) is 25.5 Å². The van der Waals surface area contributed by atoms with Gasteiger partial charge in [-0.15, -0.1) is 34.2 Å². The normalized spacial score (nSPS) is 11.4. The van der Waals surface area contributed by atoms with Crippen LogP contribution in [0.25, 0.3) is 0 Å². The minimum atomic E-state index is 0. The number of hydrogen-bond donors (Lipinski definition) is 2. The highest BCUT2D eigenvalue weighted by Gasteiger charge is 2.13. The van der Waals surface area contributed by atoms with Gasteiger partial charge in [-0.25, -0.2) is 4.99 Å². The van der Waals surface area contributed by atoms with E-state index in [4.69, 9.17) is 14.3 Å². The van der Waals surface area contributed by atoms with Gasteiger partial charge in [0.25, 0.3) is 0 Å². The second kappa shape index (κ2) is 13.5. The summed E-state index contributed by atoms with van der Waals surface area (Å²) in [5.74, 6) is 3.36. The Morgan fingerprint density at radius 2 is 1.97 bits per heavy atom. The molecule has 2 aromatic rings. The summed E-state index contributed by atoms with van der Waals surface area (Å²) >= 11 is 0. The summed E-state index contributed by atoms with van der Waals surface area (Å²) in [6.45, 7) is 11.4. The van der Waals surface area contributed by atoms with Crippen molar-refractivity contribution in [1.29, 1.82) is 0 Å². The molecule has 0 aliphatic rings. The predicted octanol–water partition coefficient (Wildman–Crippen LogP) is 2.52. The Bertz CT molecular complexity index is 736. The van der Waals surface area contributed by atoms with Crippen LogP contribution in [0.3, 0.4) is 0 Å². The molecule has 0 radical (unpaired) electrons. The summed E-state index contributed by atoms with van der Waals surface area (Å²) in [6.07, 6.45) is 2.54. The van der Waals surface area contributed by atoms with E-state index in [-0.39, 0.29) is 24.0 Å². The molecule has 0 spiro atoms. The van der Waals surface area contributed by atoms with Crippen molar-refractivity contribution in [2.75, 3.05) is 19.8 Å². The van der Waals surface area contributed by atoms with E-state index in [9.17, 15) is 0 Å². The molecule has 0 aliphatic carbocycles. The lowest BCUT2D eigenvalue weighted by Gasteiger charge is -2.13. The van der Waals surface area contributed by atoms with Gasteiger partial charge in [0.1, 0.15) is 11.6 Å². The third kappa shape index (κ3) is 7.57. The molecule has 2 heterocycles. The molecule has 0 atom stereocenters. The molecule has 0 saturated carbocycles. The van der Waals surface area contributed by atoms with Crippen LogP contribution in [0.2, 0.25) is 0 Å². The number of hydrogen-bond acceptors (Lipinski definition) is 6. The van der Waals surface area contributed by atoms with Crippen LogP contribution in [-0.2, 0) is 37.7 Å². The van der Waals surface area contributed by atoms with Gasteiger partial charge < -0.3 is 24.5 Å². The number of halogens is 1. The first-order valence-electron chi connectivity index (χ1n) is 10.0. The molecule has 0 amide bonds. The largest absolute Gasteiger partial charge is 0.382 e. The van der Waals surface area contributed by atoms with E-state index in [0.717, 1.165) is 73.6 Å². The SMILES string of the molecule is CCOCCCNC(=NCc1c(CC)noc1CC)NCc1nnc(C)n1C.I. The molecule has 0 saturated heterocycles. The average molecular weight is 519 g/mol. The van der Waals surface area contributed by atoms with E-state index in [1.165, 1.54) is 0 Å². The van der Waals surface area contributed by atoms with Crippen molar-refractivity contribution in [3.63, 3.8) is 0 Å². The minimum Gasteiger partial charge on any atom is -0.382 e. The van der Waals surface area contributed by atoms with E-state index < -0.39 is 0 Å². The van der Waals surface area contributed by atoms with Gasteiger partial charge in [-0.1, -0.05) is 19.0 Å². The van der Waals surface area contributed by atoms with Crippen molar-refractivity contribution in [2.24, 2.45) is 12.0 Å². The minimum absolute atomic E-state index is 0. The molecule has 0 bridgehead atoms. The van der Waals surface area contributed by atoms with Gasteiger partial charge >= 0.3 is 0 Å². The zero-order chi connectivity index (χ0) is 20.4. The number of guanidine groups is 1. The standard InChI is InChI=1S/C19H33N7O2.HI/c1-6-16-15(17(7-2)28-25-16)12-21-19(20-10-9-11-27-8-3)22-13-18-24-23-14(4)26(18)5;/h6-13H2,1-5H3,(H2,20,21,22);1H. The summed E-state index contributed by atoms with van der Waals surface area (Å²) in [4.78, 5) is 4.75. The molecule has 2 N–H and O–H groups in total. The molecular weight excluding hydrogens is 485 g/mol. The van der Waals surface area contributed by atoms with E-state index in [1.54, 1.807) is 0 Å². The summed E-state index contributed by atoms with van der Waals surface area (Å²) < 4.78 is 12.8. The van der Waals surface area contributed by atoms with Gasteiger partial charge in [0.15, 0.2) is 11.8 Å². The zero-order valence-electron chi connectivity index (χ0n) is 18.1. The maximum absolute atomic E-state index is 5.44. The summed E-state index contributed by atoms with van der Waals surface area (Å²) in [5.41, 5.74) is 2.05. The van der Waals surface area contributed by atoms with Crippen molar-refractivity contribution in [3.05, 3.63) is 28.7 Å². The number of aromatic nitrogens is 4. The zero-order valence-corrected chi connectivity index (χ0v) is 20.4. The van der Waals surface area contributed by atoms with Gasteiger partial charge in [0.2, 0.25) is 0 Å². The number of nitrogens with one attached hydrogen (secondary N) is 2. The molecule has 0 aromatic carbocycles. The van der Waals surface area contributed by atoms with Crippen molar-refractivity contribution in [2.45, 2.75) is 60.0 Å². The van der Waals surface area contributed by atoms with Gasteiger partial charge in [0, 0.05) is 38.8 Å². The first-order chi connectivity index (χ1) is 13.6. The quantitative estimate of drug-likeness (QED) is 0.204. The van der Waals surface area contributed by atoms with E-state index in [2.05, 4.69) is 39.8 Å². The van der Waals surface area contributed by atoms with Crippen LogP contribution in [-0.4, -0.2) is 45.6 Å². The van der Waals surface area contributed by atoms with Crippen LogP contribution >= 0.6 is 24.0 Å². The van der Waals surface area contributed by atoms with Crippen molar-refractivity contribution in [3.8, 4) is 0 Å². The maximum Gasteiger partial charge on any atom is 0.191 e. The molecular formula is C19H34IN7O2. The third-order valence-corrected chi connectivity index (χ3v) is 4.56. The average Bonchev–Trinajstić information content (AvgIpc) is 3.26. The molecule has 0 aliphatic heterocycles. The van der Waals surface area contributed by atoms with Crippen LogP contribution in [0, 0.1) is 6.92 Å². The number of rotatable bonds is 11. The molecule has 0 fully saturated rings. The van der Waals surface area contributed by atoms with Gasteiger partial charge in [-0.3, -0.25) is 0 Å². The lowest BCUT2D eigenvalue weighted by molar-refractivity contribution is 0.145. The van der Waals surface area contributed by atoms with Crippen LogP contribution in [0.15, 0.2) is 9.52 Å². The summed E-state index contributed by atoms with van der Waals surface area (Å²) in [5, 5.41) is 19.2. The molecule has 29 heavy (non-hydrogen) atoms. The van der Waals surface area contributed by atoms with Crippen LogP contribution < -0.4 is 10.6 Å². The Kier molecular flexibility index (Phi) is 11.8. The number of aliphatic imine (C=N–C) groups is 1. The Morgan fingerprint density at radius 1 is 1.17 bits per heavy atom. The first kappa shape index (κ1) is 25.3. The topological polar surface area (TPSA) is 102 Å². The Hall–Kier alpha value is -1.69. The highest BCUT2D eigenvalue weighted by molar-refractivity contribution is 14.0. The second-order valence-electron chi connectivity index (χ2n) is 6.46. The van der Waals surface area contributed by atoms with Gasteiger partial charge in [-0.2, -0.15) is 0 Å². The second-order valence-corrected chi connectivity index (χ2v) is 6.46. The van der Waals surface area contributed by atoms with Gasteiger partial charge in [-0.05, 0) is 26.7 Å².